The normalized spacial score (nSPS) is 10.6. The minimum atomic E-state index is 0.169. The van der Waals surface area contributed by atoms with Crippen molar-refractivity contribution in [1.82, 2.24) is 19.7 Å². The molecule has 0 fully saturated rings. The third kappa shape index (κ3) is 2.23. The summed E-state index contributed by atoms with van der Waals surface area (Å²) in [5, 5.41) is 4.26. The Morgan fingerprint density at radius 1 is 1.41 bits per heavy atom. The second-order valence-electron chi connectivity index (χ2n) is 3.61. The predicted molar refractivity (Wildman–Crippen MR) is 66.9 cm³/mol. The van der Waals surface area contributed by atoms with E-state index in [1.165, 1.54) is 0 Å². The van der Waals surface area contributed by atoms with Crippen LogP contribution >= 0.6 is 15.9 Å². The van der Waals surface area contributed by atoms with Gasteiger partial charge in [-0.15, -0.1) is 0 Å². The number of aromatic nitrogens is 4. The first-order chi connectivity index (χ1) is 7.99. The van der Waals surface area contributed by atoms with Crippen molar-refractivity contribution in [2.24, 2.45) is 7.05 Å². The van der Waals surface area contributed by atoms with Gasteiger partial charge in [-0.05, 0) is 29.8 Å². The predicted octanol–water partition coefficient (Wildman–Crippen LogP) is 1.96. The lowest BCUT2D eigenvalue weighted by Gasteiger charge is -2.06. The summed E-state index contributed by atoms with van der Waals surface area (Å²) in [5.74, 6) is 1.24. The number of nitrogens with zero attached hydrogens (tertiary/aromatic N) is 4. The SMILES string of the molecule is Cc1nn(C)c(C)c1Oc1nc(N)ncc1Br. The summed E-state index contributed by atoms with van der Waals surface area (Å²) in [7, 11) is 1.86. The molecule has 0 atom stereocenters. The minimum absolute atomic E-state index is 0.169. The average molecular weight is 298 g/mol. The Labute approximate surface area is 107 Å². The Morgan fingerprint density at radius 3 is 2.71 bits per heavy atom. The first-order valence-corrected chi connectivity index (χ1v) is 5.74. The van der Waals surface area contributed by atoms with E-state index in [-0.39, 0.29) is 5.95 Å². The number of hydrogen-bond acceptors (Lipinski definition) is 5. The highest BCUT2D eigenvalue weighted by Gasteiger charge is 2.14. The zero-order valence-corrected chi connectivity index (χ0v) is 11.3. The lowest BCUT2D eigenvalue weighted by atomic mass is 10.3. The lowest BCUT2D eigenvalue weighted by Crippen LogP contribution is -1.98. The van der Waals surface area contributed by atoms with Crippen molar-refractivity contribution in [3.8, 4) is 11.6 Å². The second-order valence-corrected chi connectivity index (χ2v) is 4.46. The van der Waals surface area contributed by atoms with Gasteiger partial charge in [0.25, 0.3) is 0 Å². The van der Waals surface area contributed by atoms with Gasteiger partial charge in [0.15, 0.2) is 5.75 Å². The van der Waals surface area contributed by atoms with Gasteiger partial charge in [-0.2, -0.15) is 10.1 Å². The van der Waals surface area contributed by atoms with Crippen molar-refractivity contribution in [3.05, 3.63) is 22.1 Å². The van der Waals surface area contributed by atoms with Gasteiger partial charge in [0, 0.05) is 7.05 Å². The highest BCUT2D eigenvalue weighted by atomic mass is 79.9. The summed E-state index contributed by atoms with van der Waals surface area (Å²) in [4.78, 5) is 7.87. The van der Waals surface area contributed by atoms with Crippen LogP contribution in [-0.2, 0) is 7.05 Å². The summed E-state index contributed by atoms with van der Waals surface area (Å²) in [6.45, 7) is 3.80. The summed E-state index contributed by atoms with van der Waals surface area (Å²) in [6.07, 6.45) is 1.55. The molecule has 90 valence electrons. The number of aryl methyl sites for hydroxylation is 2. The van der Waals surface area contributed by atoms with Gasteiger partial charge in [0.1, 0.15) is 5.69 Å². The number of ether oxygens (including phenoxy) is 1. The Kier molecular flexibility index (Phi) is 3.01. The Balaban J connectivity index is 2.41. The molecule has 0 aliphatic heterocycles. The van der Waals surface area contributed by atoms with Crippen LogP contribution < -0.4 is 10.5 Å². The minimum Gasteiger partial charge on any atom is -0.434 e. The Hall–Kier alpha value is -1.63. The van der Waals surface area contributed by atoms with Gasteiger partial charge >= 0.3 is 0 Å². The van der Waals surface area contributed by atoms with Crippen molar-refractivity contribution >= 4 is 21.9 Å². The van der Waals surface area contributed by atoms with E-state index in [1.54, 1.807) is 10.9 Å². The van der Waals surface area contributed by atoms with Gasteiger partial charge in [0.05, 0.1) is 16.4 Å². The van der Waals surface area contributed by atoms with Crippen LogP contribution in [0.1, 0.15) is 11.4 Å². The van der Waals surface area contributed by atoms with Crippen LogP contribution in [0.25, 0.3) is 0 Å². The molecule has 17 heavy (non-hydrogen) atoms. The molecule has 0 saturated heterocycles. The van der Waals surface area contributed by atoms with Crippen molar-refractivity contribution in [2.75, 3.05) is 5.73 Å². The van der Waals surface area contributed by atoms with Crippen LogP contribution in [0.2, 0.25) is 0 Å². The molecule has 0 aliphatic carbocycles. The van der Waals surface area contributed by atoms with Gasteiger partial charge in [-0.25, -0.2) is 4.98 Å². The van der Waals surface area contributed by atoms with Gasteiger partial charge in [-0.1, -0.05) is 0 Å². The number of hydrogen-bond donors (Lipinski definition) is 1. The van der Waals surface area contributed by atoms with Crippen LogP contribution in [0.5, 0.6) is 11.6 Å². The fourth-order valence-corrected chi connectivity index (χ4v) is 1.71. The molecule has 2 N–H and O–H groups in total. The van der Waals surface area contributed by atoms with E-state index in [1.807, 2.05) is 20.9 Å². The Bertz CT molecular complexity index is 566. The number of halogens is 1. The molecule has 0 radical (unpaired) electrons. The van der Waals surface area contributed by atoms with Crippen LogP contribution in [0.15, 0.2) is 10.7 Å². The molecular formula is C10H12BrN5O. The number of anilines is 1. The Morgan fingerprint density at radius 2 is 2.12 bits per heavy atom. The molecule has 2 aromatic rings. The van der Waals surface area contributed by atoms with Crippen molar-refractivity contribution in [2.45, 2.75) is 13.8 Å². The van der Waals surface area contributed by atoms with E-state index >= 15 is 0 Å². The van der Waals surface area contributed by atoms with E-state index in [2.05, 4.69) is 31.0 Å². The maximum Gasteiger partial charge on any atom is 0.238 e. The highest BCUT2D eigenvalue weighted by Crippen LogP contribution is 2.31. The fraction of sp³-hybridized carbons (Fsp3) is 0.300. The summed E-state index contributed by atoms with van der Waals surface area (Å²) < 4.78 is 8.11. The summed E-state index contributed by atoms with van der Waals surface area (Å²) >= 11 is 3.31. The van der Waals surface area contributed by atoms with E-state index < -0.39 is 0 Å². The quantitative estimate of drug-likeness (QED) is 0.917. The van der Waals surface area contributed by atoms with Crippen molar-refractivity contribution in [1.29, 1.82) is 0 Å². The monoisotopic (exact) mass is 297 g/mol. The fourth-order valence-electron chi connectivity index (χ4n) is 1.43. The maximum atomic E-state index is 5.71. The van der Waals surface area contributed by atoms with E-state index in [9.17, 15) is 0 Å². The van der Waals surface area contributed by atoms with Gasteiger partial charge in [-0.3, -0.25) is 4.68 Å². The average Bonchev–Trinajstić information content (AvgIpc) is 2.50. The molecule has 0 unspecified atom stereocenters. The third-order valence-corrected chi connectivity index (χ3v) is 2.92. The molecule has 0 spiro atoms. The highest BCUT2D eigenvalue weighted by molar-refractivity contribution is 9.10. The zero-order valence-electron chi connectivity index (χ0n) is 9.73. The number of nitrogens with two attached hydrogens (primary N) is 1. The lowest BCUT2D eigenvalue weighted by molar-refractivity contribution is 0.451. The smallest absolute Gasteiger partial charge is 0.238 e. The van der Waals surface area contributed by atoms with Crippen LogP contribution in [0, 0.1) is 13.8 Å². The molecule has 0 amide bonds. The molecule has 7 heteroatoms. The summed E-state index contributed by atoms with van der Waals surface area (Å²) in [6, 6.07) is 0. The van der Waals surface area contributed by atoms with Crippen molar-refractivity contribution < 1.29 is 4.74 Å². The molecule has 0 aromatic carbocycles. The molecule has 2 aromatic heterocycles. The first kappa shape index (κ1) is 11.8. The molecule has 2 heterocycles. The largest absolute Gasteiger partial charge is 0.434 e. The van der Waals surface area contributed by atoms with Gasteiger partial charge < -0.3 is 10.5 Å². The van der Waals surface area contributed by atoms with E-state index in [0.717, 1.165) is 11.4 Å². The van der Waals surface area contributed by atoms with E-state index in [4.69, 9.17) is 10.5 Å². The zero-order chi connectivity index (χ0) is 12.6. The van der Waals surface area contributed by atoms with Crippen molar-refractivity contribution in [3.63, 3.8) is 0 Å². The molecule has 0 bridgehead atoms. The number of rotatable bonds is 2. The third-order valence-electron chi connectivity index (χ3n) is 2.37. The standard InChI is InChI=1S/C10H12BrN5O/c1-5-8(6(2)16(3)15-5)17-9-7(11)4-13-10(12)14-9/h4H,1-3H3,(H2,12,13,14). The molecule has 0 saturated carbocycles. The molecule has 6 nitrogen and oxygen atoms in total. The topological polar surface area (TPSA) is 78.8 Å². The first-order valence-electron chi connectivity index (χ1n) is 4.95. The molecule has 0 aliphatic rings. The van der Waals surface area contributed by atoms with Gasteiger partial charge in [0.2, 0.25) is 11.8 Å². The molecular weight excluding hydrogens is 286 g/mol. The number of nitrogen functional groups attached to an aromatic ring is 1. The van der Waals surface area contributed by atoms with Crippen LogP contribution in [0.3, 0.4) is 0 Å². The second kappa shape index (κ2) is 4.33. The van der Waals surface area contributed by atoms with E-state index in [0.29, 0.717) is 16.1 Å². The van der Waals surface area contributed by atoms with Crippen LogP contribution in [0.4, 0.5) is 5.95 Å². The summed E-state index contributed by atoms with van der Waals surface area (Å²) in [5.41, 5.74) is 7.24. The van der Waals surface area contributed by atoms with Crippen LogP contribution in [-0.4, -0.2) is 19.7 Å². The molecule has 2 rings (SSSR count). The maximum absolute atomic E-state index is 5.71.